The maximum atomic E-state index is 13.2. The van der Waals surface area contributed by atoms with Gasteiger partial charge in [0.15, 0.2) is 0 Å². The Labute approximate surface area is 138 Å². The van der Waals surface area contributed by atoms with E-state index >= 15 is 0 Å². The summed E-state index contributed by atoms with van der Waals surface area (Å²) < 4.78 is 13.2. The van der Waals surface area contributed by atoms with Crippen LogP contribution in [0.2, 0.25) is 0 Å². The summed E-state index contributed by atoms with van der Waals surface area (Å²) in [5, 5.41) is 3.54. The van der Waals surface area contributed by atoms with Crippen molar-refractivity contribution in [1.82, 2.24) is 15.3 Å². The Morgan fingerprint density at radius 2 is 2.08 bits per heavy atom. The molecule has 0 saturated carbocycles. The van der Waals surface area contributed by atoms with Crippen LogP contribution in [0.1, 0.15) is 16.2 Å². The van der Waals surface area contributed by atoms with Gasteiger partial charge in [0.2, 0.25) is 5.82 Å². The van der Waals surface area contributed by atoms with Crippen molar-refractivity contribution >= 4 is 16.8 Å². The number of terminal acetylenes is 1. The second-order valence-electron chi connectivity index (χ2n) is 5.28. The zero-order valence-electron chi connectivity index (χ0n) is 12.7. The molecule has 1 atom stereocenters. The molecule has 1 heterocycles. The van der Waals surface area contributed by atoms with Gasteiger partial charge >= 0.3 is 0 Å². The van der Waals surface area contributed by atoms with E-state index in [-0.39, 0.29) is 11.6 Å². The van der Waals surface area contributed by atoms with Gasteiger partial charge in [0.1, 0.15) is 5.82 Å². The molecular weight excluding hydrogens is 305 g/mol. The second-order valence-corrected chi connectivity index (χ2v) is 5.28. The summed E-state index contributed by atoms with van der Waals surface area (Å²) in [7, 11) is 0. The third-order valence-corrected chi connectivity index (χ3v) is 3.53. The van der Waals surface area contributed by atoms with Gasteiger partial charge in [0.25, 0.3) is 5.91 Å². The first-order valence-electron chi connectivity index (χ1n) is 7.39. The third kappa shape index (κ3) is 3.55. The molecule has 0 aliphatic heterocycles. The number of hydrogen-bond donors (Lipinski definition) is 1. The van der Waals surface area contributed by atoms with E-state index in [1.807, 2.05) is 18.2 Å². The Morgan fingerprint density at radius 1 is 1.25 bits per heavy atom. The van der Waals surface area contributed by atoms with E-state index in [9.17, 15) is 9.18 Å². The summed E-state index contributed by atoms with van der Waals surface area (Å²) in [4.78, 5) is 20.6. The van der Waals surface area contributed by atoms with Crippen LogP contribution in [0.25, 0.3) is 10.9 Å². The molecule has 5 heteroatoms. The summed E-state index contributed by atoms with van der Waals surface area (Å²) in [5.74, 6) is 1.75. The van der Waals surface area contributed by atoms with Crippen molar-refractivity contribution in [1.29, 1.82) is 0 Å². The molecule has 118 valence electrons. The normalized spacial score (nSPS) is 11.7. The Kier molecular flexibility index (Phi) is 4.48. The van der Waals surface area contributed by atoms with Crippen LogP contribution in [0, 0.1) is 18.2 Å². The van der Waals surface area contributed by atoms with Crippen molar-refractivity contribution in [3.05, 3.63) is 71.9 Å². The van der Waals surface area contributed by atoms with E-state index in [4.69, 9.17) is 6.42 Å². The van der Waals surface area contributed by atoms with Gasteiger partial charge in [0.05, 0.1) is 11.6 Å². The predicted octanol–water partition coefficient (Wildman–Crippen LogP) is 2.74. The lowest BCUT2D eigenvalue weighted by molar-refractivity contribution is 0.0935. The topological polar surface area (TPSA) is 54.9 Å². The number of halogens is 1. The van der Waals surface area contributed by atoms with Gasteiger partial charge in [-0.1, -0.05) is 36.3 Å². The van der Waals surface area contributed by atoms with Crippen molar-refractivity contribution in [3.8, 4) is 12.3 Å². The Hall–Kier alpha value is -3.26. The zero-order chi connectivity index (χ0) is 16.9. The van der Waals surface area contributed by atoms with Gasteiger partial charge in [-0.15, -0.1) is 6.42 Å². The maximum absolute atomic E-state index is 13.2. The number of benzene rings is 2. The number of nitrogens with one attached hydrogen (secondary N) is 1. The van der Waals surface area contributed by atoms with E-state index in [1.54, 1.807) is 24.4 Å². The molecule has 0 radical (unpaired) electrons. The molecule has 3 aromatic rings. The van der Waals surface area contributed by atoms with Crippen molar-refractivity contribution in [3.63, 3.8) is 0 Å². The summed E-state index contributed by atoms with van der Waals surface area (Å²) in [6.45, 7) is 0. The zero-order valence-corrected chi connectivity index (χ0v) is 12.7. The molecule has 3 rings (SSSR count). The first-order chi connectivity index (χ1) is 11.7. The maximum Gasteiger partial charge on any atom is 0.290 e. The van der Waals surface area contributed by atoms with Gasteiger partial charge in [-0.3, -0.25) is 4.79 Å². The molecule has 2 aromatic carbocycles. The number of hydrogen-bond acceptors (Lipinski definition) is 3. The molecule has 1 amide bonds. The molecule has 0 aliphatic rings. The van der Waals surface area contributed by atoms with Crippen molar-refractivity contribution in [2.75, 3.05) is 0 Å². The predicted molar refractivity (Wildman–Crippen MR) is 89.7 cm³/mol. The highest BCUT2D eigenvalue weighted by molar-refractivity contribution is 5.93. The second kappa shape index (κ2) is 6.88. The number of nitrogens with zero attached hydrogens (tertiary/aromatic N) is 2. The quantitative estimate of drug-likeness (QED) is 0.752. The fraction of sp³-hybridized carbons (Fsp3) is 0.105. The van der Waals surface area contributed by atoms with Crippen LogP contribution in [0.15, 0.2) is 54.7 Å². The summed E-state index contributed by atoms with van der Waals surface area (Å²) in [6, 6.07) is 12.9. The highest BCUT2D eigenvalue weighted by Crippen LogP contribution is 2.10. The van der Waals surface area contributed by atoms with Gasteiger partial charge in [-0.05, 0) is 23.8 Å². The first kappa shape index (κ1) is 15.6. The number of para-hydroxylation sites is 1. The average molecular weight is 319 g/mol. The van der Waals surface area contributed by atoms with E-state index in [0.29, 0.717) is 17.5 Å². The van der Waals surface area contributed by atoms with Crippen LogP contribution in [-0.2, 0) is 6.42 Å². The lowest BCUT2D eigenvalue weighted by atomic mass is 10.1. The molecule has 1 aromatic heterocycles. The number of carbonyl (C=O) groups excluding carboxylic acids is 1. The van der Waals surface area contributed by atoms with Crippen molar-refractivity contribution < 1.29 is 9.18 Å². The molecule has 0 aliphatic carbocycles. The van der Waals surface area contributed by atoms with E-state index in [1.165, 1.54) is 12.1 Å². The molecule has 0 saturated heterocycles. The highest BCUT2D eigenvalue weighted by atomic mass is 19.1. The van der Waals surface area contributed by atoms with Crippen molar-refractivity contribution in [2.24, 2.45) is 0 Å². The Balaban J connectivity index is 1.75. The molecule has 1 N–H and O–H groups in total. The SMILES string of the molecule is C#CC(Cc1cccc(F)c1)NC(=O)c1ncc2ccccc2n1. The van der Waals surface area contributed by atoms with Crippen LogP contribution in [0.4, 0.5) is 4.39 Å². The fourth-order valence-electron chi connectivity index (χ4n) is 2.36. The van der Waals surface area contributed by atoms with Crippen LogP contribution in [-0.4, -0.2) is 21.9 Å². The van der Waals surface area contributed by atoms with Crippen LogP contribution in [0.3, 0.4) is 0 Å². The average Bonchev–Trinajstić information content (AvgIpc) is 2.60. The summed E-state index contributed by atoms with van der Waals surface area (Å²) in [5.41, 5.74) is 1.39. The number of rotatable bonds is 4. The molecule has 0 fully saturated rings. The number of fused-ring (bicyclic) bond motifs is 1. The monoisotopic (exact) mass is 319 g/mol. The minimum Gasteiger partial charge on any atom is -0.335 e. The van der Waals surface area contributed by atoms with Crippen LogP contribution < -0.4 is 5.32 Å². The van der Waals surface area contributed by atoms with Gasteiger partial charge < -0.3 is 5.32 Å². The van der Waals surface area contributed by atoms with Gasteiger partial charge in [-0.2, -0.15) is 0 Å². The molecule has 0 bridgehead atoms. The first-order valence-corrected chi connectivity index (χ1v) is 7.39. The Morgan fingerprint density at radius 3 is 2.88 bits per heavy atom. The van der Waals surface area contributed by atoms with E-state index in [2.05, 4.69) is 21.2 Å². The molecule has 24 heavy (non-hydrogen) atoms. The van der Waals surface area contributed by atoms with Crippen LogP contribution >= 0.6 is 0 Å². The number of carbonyl (C=O) groups is 1. The third-order valence-electron chi connectivity index (χ3n) is 3.53. The van der Waals surface area contributed by atoms with Gasteiger partial charge in [-0.25, -0.2) is 14.4 Å². The molecule has 0 spiro atoms. The molecule has 1 unspecified atom stereocenters. The lowest BCUT2D eigenvalue weighted by Crippen LogP contribution is -2.36. The lowest BCUT2D eigenvalue weighted by Gasteiger charge is -2.13. The Bertz CT molecular complexity index is 933. The van der Waals surface area contributed by atoms with E-state index < -0.39 is 11.9 Å². The van der Waals surface area contributed by atoms with E-state index in [0.717, 1.165) is 5.39 Å². The van der Waals surface area contributed by atoms with Crippen molar-refractivity contribution in [2.45, 2.75) is 12.5 Å². The van der Waals surface area contributed by atoms with Crippen LogP contribution in [0.5, 0.6) is 0 Å². The molecule has 4 nitrogen and oxygen atoms in total. The summed E-state index contributed by atoms with van der Waals surface area (Å²) in [6.07, 6.45) is 7.40. The smallest absolute Gasteiger partial charge is 0.290 e. The summed E-state index contributed by atoms with van der Waals surface area (Å²) >= 11 is 0. The minimum absolute atomic E-state index is 0.0493. The number of amides is 1. The standard InChI is InChI=1S/C19H14FN3O/c1-2-16(11-13-6-5-8-15(20)10-13)22-19(24)18-21-12-14-7-3-4-9-17(14)23-18/h1,3-10,12,16H,11H2,(H,22,24). The molecular formula is C19H14FN3O. The fourth-order valence-corrected chi connectivity index (χ4v) is 2.36. The minimum atomic E-state index is -0.575. The van der Waals surface area contributed by atoms with Gasteiger partial charge in [0, 0.05) is 18.0 Å². The largest absolute Gasteiger partial charge is 0.335 e. The number of aromatic nitrogens is 2. The highest BCUT2D eigenvalue weighted by Gasteiger charge is 2.15.